The largest absolute Gasteiger partial charge is 0.490 e. The van der Waals surface area contributed by atoms with Crippen LogP contribution in [0.1, 0.15) is 32.3 Å². The van der Waals surface area contributed by atoms with Crippen LogP contribution in [0.3, 0.4) is 0 Å². The summed E-state index contributed by atoms with van der Waals surface area (Å²) in [6.45, 7) is 5.43. The zero-order valence-corrected chi connectivity index (χ0v) is 14.3. The average molecular weight is 356 g/mol. The molecule has 1 aromatic heterocycles. The highest BCUT2D eigenvalue weighted by Crippen LogP contribution is 2.13. The van der Waals surface area contributed by atoms with E-state index in [1.54, 1.807) is 0 Å². The molecule has 7 heteroatoms. The van der Waals surface area contributed by atoms with Gasteiger partial charge in [0.2, 0.25) is 0 Å². The first-order valence-corrected chi connectivity index (χ1v) is 7.99. The lowest BCUT2D eigenvalue weighted by molar-refractivity contribution is -0.192. The molecule has 0 aliphatic carbocycles. The van der Waals surface area contributed by atoms with E-state index in [1.807, 2.05) is 12.1 Å². The highest BCUT2D eigenvalue weighted by Gasteiger charge is 2.38. The van der Waals surface area contributed by atoms with Crippen LogP contribution in [0.25, 0.3) is 5.69 Å². The number of halogens is 3. The molecule has 0 fully saturated rings. The van der Waals surface area contributed by atoms with Crippen LogP contribution in [0, 0.1) is 0 Å². The van der Waals surface area contributed by atoms with Crippen LogP contribution >= 0.6 is 0 Å². The van der Waals surface area contributed by atoms with Gasteiger partial charge in [-0.3, -0.25) is 0 Å². The summed E-state index contributed by atoms with van der Waals surface area (Å²) in [5.41, 5.74) is 2.55. The van der Waals surface area contributed by atoms with E-state index in [2.05, 4.69) is 60.4 Å². The lowest BCUT2D eigenvalue weighted by atomic mass is 10.1. The van der Waals surface area contributed by atoms with Crippen molar-refractivity contribution in [3.63, 3.8) is 0 Å². The molecule has 0 radical (unpaired) electrons. The van der Waals surface area contributed by atoms with Crippen molar-refractivity contribution >= 4 is 5.97 Å². The molecule has 0 bridgehead atoms. The number of benzene rings is 1. The van der Waals surface area contributed by atoms with E-state index < -0.39 is 12.1 Å². The van der Waals surface area contributed by atoms with E-state index in [9.17, 15) is 13.2 Å². The topological polar surface area (TPSA) is 54.3 Å². The fraction of sp³-hybridized carbons (Fsp3) is 0.389. The second kappa shape index (κ2) is 9.88. The number of hydrogen-bond acceptors (Lipinski definition) is 2. The van der Waals surface area contributed by atoms with Gasteiger partial charge in [0.05, 0.1) is 0 Å². The molecule has 1 unspecified atom stereocenters. The Kier molecular flexibility index (Phi) is 8.21. The number of carboxylic acid groups (broad SMARTS) is 1. The Morgan fingerprint density at radius 1 is 1.20 bits per heavy atom. The minimum atomic E-state index is -5.08. The summed E-state index contributed by atoms with van der Waals surface area (Å²) in [6, 6.07) is 13.4. The maximum atomic E-state index is 10.6. The summed E-state index contributed by atoms with van der Waals surface area (Å²) in [6.07, 6.45) is 1.52. The summed E-state index contributed by atoms with van der Waals surface area (Å²) in [7, 11) is 0. The molecule has 2 N–H and O–H groups in total. The number of aromatic nitrogens is 1. The molecule has 2 rings (SSSR count). The van der Waals surface area contributed by atoms with E-state index in [0.29, 0.717) is 6.04 Å². The molecule has 0 saturated heterocycles. The monoisotopic (exact) mass is 356 g/mol. The SMILES string of the molecule is CCCC(C)NCc1ccc(-n2cccc2)cc1.O=C(O)C(F)(F)F. The van der Waals surface area contributed by atoms with Gasteiger partial charge >= 0.3 is 12.1 Å². The van der Waals surface area contributed by atoms with Crippen molar-refractivity contribution in [3.05, 3.63) is 54.4 Å². The van der Waals surface area contributed by atoms with Gasteiger partial charge in [0.1, 0.15) is 0 Å². The molecule has 1 heterocycles. The Morgan fingerprint density at radius 2 is 1.72 bits per heavy atom. The predicted octanol–water partition coefficient (Wildman–Crippen LogP) is 4.39. The highest BCUT2D eigenvalue weighted by molar-refractivity contribution is 5.73. The molecule has 138 valence electrons. The van der Waals surface area contributed by atoms with Gasteiger partial charge in [-0.1, -0.05) is 25.5 Å². The minimum Gasteiger partial charge on any atom is -0.475 e. The van der Waals surface area contributed by atoms with Gasteiger partial charge in [-0.2, -0.15) is 13.2 Å². The number of rotatable bonds is 6. The van der Waals surface area contributed by atoms with Crippen molar-refractivity contribution in [1.29, 1.82) is 0 Å². The normalized spacial score (nSPS) is 12.2. The number of nitrogens with one attached hydrogen (secondary N) is 1. The maximum Gasteiger partial charge on any atom is 0.490 e. The fourth-order valence-electron chi connectivity index (χ4n) is 2.12. The van der Waals surface area contributed by atoms with Crippen molar-refractivity contribution in [3.8, 4) is 5.69 Å². The Bertz CT molecular complexity index is 623. The van der Waals surface area contributed by atoms with Crippen LogP contribution in [-0.4, -0.2) is 27.9 Å². The van der Waals surface area contributed by atoms with Crippen molar-refractivity contribution in [2.75, 3.05) is 0 Å². The van der Waals surface area contributed by atoms with E-state index in [1.165, 1.54) is 24.1 Å². The van der Waals surface area contributed by atoms with Gasteiger partial charge in [0.15, 0.2) is 0 Å². The molecule has 2 aromatic rings. The molecule has 4 nitrogen and oxygen atoms in total. The van der Waals surface area contributed by atoms with Crippen LogP contribution in [-0.2, 0) is 11.3 Å². The van der Waals surface area contributed by atoms with Crippen molar-refractivity contribution in [2.45, 2.75) is 45.5 Å². The first kappa shape index (κ1) is 20.8. The maximum absolute atomic E-state index is 10.6. The smallest absolute Gasteiger partial charge is 0.475 e. The summed E-state index contributed by atoms with van der Waals surface area (Å²) in [5, 5.41) is 10.7. The molecule has 25 heavy (non-hydrogen) atoms. The third-order valence-electron chi connectivity index (χ3n) is 3.46. The van der Waals surface area contributed by atoms with E-state index in [4.69, 9.17) is 9.90 Å². The Morgan fingerprint density at radius 3 is 2.16 bits per heavy atom. The van der Waals surface area contributed by atoms with Crippen LogP contribution in [0.5, 0.6) is 0 Å². The predicted molar refractivity (Wildman–Crippen MR) is 90.7 cm³/mol. The van der Waals surface area contributed by atoms with Gasteiger partial charge < -0.3 is 15.0 Å². The van der Waals surface area contributed by atoms with Gasteiger partial charge in [0.25, 0.3) is 0 Å². The van der Waals surface area contributed by atoms with E-state index in [-0.39, 0.29) is 0 Å². The second-order valence-electron chi connectivity index (χ2n) is 5.63. The third-order valence-corrected chi connectivity index (χ3v) is 3.46. The summed E-state index contributed by atoms with van der Waals surface area (Å²) < 4.78 is 33.9. The number of nitrogens with zero attached hydrogens (tertiary/aromatic N) is 1. The number of aliphatic carboxylic acids is 1. The van der Waals surface area contributed by atoms with E-state index in [0.717, 1.165) is 6.54 Å². The van der Waals surface area contributed by atoms with Gasteiger partial charge in [0, 0.05) is 30.7 Å². The lowest BCUT2D eigenvalue weighted by Crippen LogP contribution is -2.25. The zero-order valence-electron chi connectivity index (χ0n) is 14.3. The fourth-order valence-corrected chi connectivity index (χ4v) is 2.12. The van der Waals surface area contributed by atoms with E-state index >= 15 is 0 Å². The minimum absolute atomic E-state index is 0.596. The van der Waals surface area contributed by atoms with Crippen molar-refractivity contribution in [2.24, 2.45) is 0 Å². The van der Waals surface area contributed by atoms with Crippen LogP contribution in [0.2, 0.25) is 0 Å². The number of carbonyl (C=O) groups is 1. The molecule has 0 spiro atoms. The molecular weight excluding hydrogens is 333 g/mol. The lowest BCUT2D eigenvalue weighted by Gasteiger charge is -2.13. The molecule has 1 aromatic carbocycles. The van der Waals surface area contributed by atoms with Crippen LogP contribution in [0.4, 0.5) is 13.2 Å². The molecule has 0 amide bonds. The molecule has 0 aliphatic heterocycles. The molecular formula is C18H23F3N2O2. The van der Waals surface area contributed by atoms with Crippen molar-refractivity contribution in [1.82, 2.24) is 9.88 Å². The third kappa shape index (κ3) is 7.89. The highest BCUT2D eigenvalue weighted by atomic mass is 19.4. The first-order chi connectivity index (χ1) is 11.7. The Balaban J connectivity index is 0.000000381. The van der Waals surface area contributed by atoms with Crippen LogP contribution in [0.15, 0.2) is 48.8 Å². The first-order valence-electron chi connectivity index (χ1n) is 7.99. The van der Waals surface area contributed by atoms with Gasteiger partial charge in [-0.15, -0.1) is 0 Å². The number of alkyl halides is 3. The molecule has 1 atom stereocenters. The summed E-state index contributed by atoms with van der Waals surface area (Å²) in [4.78, 5) is 8.90. The standard InChI is InChI=1S/C16H22N2.C2HF3O2/c1-3-6-14(2)17-13-15-7-9-16(10-8-15)18-11-4-5-12-18;3-2(4,5)1(6)7/h4-5,7-12,14,17H,3,6,13H2,1-2H3;(H,6,7). The van der Waals surface area contributed by atoms with Crippen LogP contribution < -0.4 is 5.32 Å². The number of carboxylic acids is 1. The zero-order chi connectivity index (χ0) is 18.9. The average Bonchev–Trinajstić information content (AvgIpc) is 3.08. The van der Waals surface area contributed by atoms with Crippen molar-refractivity contribution < 1.29 is 23.1 Å². The second-order valence-corrected chi connectivity index (χ2v) is 5.63. The Hall–Kier alpha value is -2.28. The molecule has 0 aliphatic rings. The summed E-state index contributed by atoms with van der Waals surface area (Å²) >= 11 is 0. The quantitative estimate of drug-likeness (QED) is 0.807. The summed E-state index contributed by atoms with van der Waals surface area (Å²) in [5.74, 6) is -2.76. The van der Waals surface area contributed by atoms with Gasteiger partial charge in [-0.05, 0) is 43.2 Å². The van der Waals surface area contributed by atoms with Gasteiger partial charge in [-0.25, -0.2) is 4.79 Å². The Labute approximate surface area is 145 Å². The molecule has 0 saturated carbocycles. The number of hydrogen-bond donors (Lipinski definition) is 2.